The molecule has 0 spiro atoms. The Morgan fingerprint density at radius 3 is 2.53 bits per heavy atom. The van der Waals surface area contributed by atoms with E-state index in [1.807, 2.05) is 0 Å². The summed E-state index contributed by atoms with van der Waals surface area (Å²) in [6.45, 7) is 3.47. The van der Waals surface area contributed by atoms with Crippen LogP contribution in [0.2, 0.25) is 0 Å². The van der Waals surface area contributed by atoms with Crippen LogP contribution in [-0.2, 0) is 10.0 Å². The number of nitrogens with zero attached hydrogens (tertiary/aromatic N) is 2. The van der Waals surface area contributed by atoms with Crippen molar-refractivity contribution in [2.75, 3.05) is 0 Å². The summed E-state index contributed by atoms with van der Waals surface area (Å²) in [6.07, 6.45) is 2.83. The Morgan fingerprint density at radius 2 is 2.00 bits per heavy atom. The van der Waals surface area contributed by atoms with Crippen molar-refractivity contribution in [2.45, 2.75) is 18.7 Å². The maximum absolute atomic E-state index is 12.4. The molecule has 1 aromatic heterocycles. The predicted molar refractivity (Wildman–Crippen MR) is 68.4 cm³/mol. The summed E-state index contributed by atoms with van der Waals surface area (Å²) < 4.78 is 26.8. The Morgan fingerprint density at radius 1 is 1.29 bits per heavy atom. The van der Waals surface area contributed by atoms with Gasteiger partial charge in [0.15, 0.2) is 0 Å². The minimum absolute atomic E-state index is 0.293. The zero-order valence-corrected chi connectivity index (χ0v) is 11.8. The maximum atomic E-state index is 12.4. The highest BCUT2D eigenvalue weighted by molar-refractivity contribution is 9.10. The first-order valence-corrected chi connectivity index (χ1v) is 7.17. The molecule has 1 heterocycles. The summed E-state index contributed by atoms with van der Waals surface area (Å²) >= 11 is 3.31. The van der Waals surface area contributed by atoms with Crippen LogP contribution in [0.3, 0.4) is 0 Å². The van der Waals surface area contributed by atoms with E-state index in [-0.39, 0.29) is 0 Å². The first kappa shape index (κ1) is 12.3. The standard InChI is InChI=1S/C11H11BrN2O2S/c1-8-5-10(12)3-4-11(8)17(15,16)14-7-13-6-9(14)2/h3-7H,1-2H3. The number of hydrogen-bond acceptors (Lipinski definition) is 3. The molecule has 6 heteroatoms. The number of aromatic nitrogens is 2. The van der Waals surface area contributed by atoms with Crippen molar-refractivity contribution in [2.24, 2.45) is 0 Å². The van der Waals surface area contributed by atoms with Crippen LogP contribution in [0, 0.1) is 13.8 Å². The number of halogens is 1. The quantitative estimate of drug-likeness (QED) is 0.855. The van der Waals surface area contributed by atoms with Gasteiger partial charge in [-0.1, -0.05) is 15.9 Å². The van der Waals surface area contributed by atoms with Crippen LogP contribution < -0.4 is 0 Å². The van der Waals surface area contributed by atoms with E-state index in [0.29, 0.717) is 16.2 Å². The van der Waals surface area contributed by atoms with Gasteiger partial charge in [0, 0.05) is 10.7 Å². The average molecular weight is 315 g/mol. The number of benzene rings is 1. The van der Waals surface area contributed by atoms with Gasteiger partial charge in [-0.3, -0.25) is 0 Å². The van der Waals surface area contributed by atoms with Gasteiger partial charge in [0.05, 0.1) is 10.6 Å². The summed E-state index contributed by atoms with van der Waals surface area (Å²) in [4.78, 5) is 4.13. The van der Waals surface area contributed by atoms with Crippen molar-refractivity contribution in [3.63, 3.8) is 0 Å². The van der Waals surface area contributed by atoms with Crippen molar-refractivity contribution in [1.82, 2.24) is 8.96 Å². The van der Waals surface area contributed by atoms with Crippen molar-refractivity contribution >= 4 is 26.0 Å². The molecule has 0 aliphatic heterocycles. The van der Waals surface area contributed by atoms with Gasteiger partial charge in [0.25, 0.3) is 10.0 Å². The highest BCUT2D eigenvalue weighted by Gasteiger charge is 2.20. The van der Waals surface area contributed by atoms with Crippen molar-refractivity contribution in [3.8, 4) is 0 Å². The van der Waals surface area contributed by atoms with Gasteiger partial charge in [0.2, 0.25) is 0 Å². The molecule has 0 atom stereocenters. The number of rotatable bonds is 2. The fourth-order valence-electron chi connectivity index (χ4n) is 1.61. The molecule has 0 radical (unpaired) electrons. The summed E-state index contributed by atoms with van der Waals surface area (Å²) in [5, 5.41) is 0. The fraction of sp³-hybridized carbons (Fsp3) is 0.182. The van der Waals surface area contributed by atoms with E-state index < -0.39 is 10.0 Å². The summed E-state index contributed by atoms with van der Waals surface area (Å²) in [7, 11) is -3.54. The Hall–Kier alpha value is -1.14. The third kappa shape index (κ3) is 2.14. The van der Waals surface area contributed by atoms with E-state index in [2.05, 4.69) is 20.9 Å². The van der Waals surface area contributed by atoms with Crippen LogP contribution in [-0.4, -0.2) is 17.4 Å². The zero-order chi connectivity index (χ0) is 12.6. The molecular weight excluding hydrogens is 304 g/mol. The minimum Gasteiger partial charge on any atom is -0.244 e. The lowest BCUT2D eigenvalue weighted by atomic mass is 10.2. The van der Waals surface area contributed by atoms with Crippen molar-refractivity contribution in [3.05, 3.63) is 46.5 Å². The lowest BCUT2D eigenvalue weighted by molar-refractivity contribution is 0.585. The molecule has 2 rings (SSSR count). The Kier molecular flexibility index (Phi) is 3.09. The summed E-state index contributed by atoms with van der Waals surface area (Å²) in [6, 6.07) is 5.08. The third-order valence-corrected chi connectivity index (χ3v) is 4.86. The zero-order valence-electron chi connectivity index (χ0n) is 9.38. The molecule has 4 nitrogen and oxygen atoms in total. The first-order valence-electron chi connectivity index (χ1n) is 4.93. The lowest BCUT2D eigenvalue weighted by Gasteiger charge is -2.10. The topological polar surface area (TPSA) is 52.0 Å². The first-order chi connectivity index (χ1) is 7.93. The minimum atomic E-state index is -3.54. The van der Waals surface area contributed by atoms with E-state index >= 15 is 0 Å². The number of imidazole rings is 1. The van der Waals surface area contributed by atoms with Gasteiger partial charge in [-0.15, -0.1) is 0 Å². The normalized spacial score (nSPS) is 11.7. The molecule has 90 valence electrons. The van der Waals surface area contributed by atoms with Crippen molar-refractivity contribution < 1.29 is 8.42 Å². The molecule has 17 heavy (non-hydrogen) atoms. The fourth-order valence-corrected chi connectivity index (χ4v) is 3.61. The second-order valence-electron chi connectivity index (χ2n) is 3.75. The summed E-state index contributed by atoms with van der Waals surface area (Å²) in [5.41, 5.74) is 1.29. The Labute approximate surface area is 108 Å². The molecule has 0 saturated carbocycles. The molecule has 0 bridgehead atoms. The van der Waals surface area contributed by atoms with Crippen LogP contribution >= 0.6 is 15.9 Å². The SMILES string of the molecule is Cc1cc(Br)ccc1S(=O)(=O)n1cncc1C. The Balaban J connectivity index is 2.65. The summed E-state index contributed by atoms with van der Waals surface area (Å²) in [5.74, 6) is 0. The molecule has 0 fully saturated rings. The van der Waals surface area contributed by atoms with Crippen LogP contribution in [0.25, 0.3) is 0 Å². The number of hydrogen-bond donors (Lipinski definition) is 0. The molecular formula is C11H11BrN2O2S. The van der Waals surface area contributed by atoms with Gasteiger partial charge in [-0.25, -0.2) is 17.4 Å². The van der Waals surface area contributed by atoms with E-state index in [4.69, 9.17) is 0 Å². The smallest absolute Gasteiger partial charge is 0.244 e. The molecule has 0 saturated heterocycles. The van der Waals surface area contributed by atoms with Crippen LogP contribution in [0.4, 0.5) is 0 Å². The predicted octanol–water partition coefficient (Wildman–Crippen LogP) is 2.50. The van der Waals surface area contributed by atoms with E-state index in [1.54, 1.807) is 32.0 Å². The van der Waals surface area contributed by atoms with Crippen molar-refractivity contribution in [1.29, 1.82) is 0 Å². The second-order valence-corrected chi connectivity index (χ2v) is 6.44. The molecule has 0 amide bonds. The maximum Gasteiger partial charge on any atom is 0.269 e. The highest BCUT2D eigenvalue weighted by atomic mass is 79.9. The van der Waals surface area contributed by atoms with Crippen LogP contribution in [0.15, 0.2) is 40.1 Å². The molecule has 0 N–H and O–H groups in total. The van der Waals surface area contributed by atoms with Gasteiger partial charge < -0.3 is 0 Å². The number of aryl methyl sites for hydroxylation is 2. The Bertz CT molecular complexity index is 662. The molecule has 0 unspecified atom stereocenters. The van der Waals surface area contributed by atoms with Crippen LogP contribution in [0.5, 0.6) is 0 Å². The van der Waals surface area contributed by atoms with Gasteiger partial charge in [-0.05, 0) is 37.6 Å². The van der Waals surface area contributed by atoms with E-state index in [1.165, 1.54) is 16.5 Å². The third-order valence-electron chi connectivity index (χ3n) is 2.45. The molecule has 2 aromatic rings. The van der Waals surface area contributed by atoms with E-state index in [0.717, 1.165) is 4.47 Å². The molecule has 0 aliphatic carbocycles. The van der Waals surface area contributed by atoms with Gasteiger partial charge >= 0.3 is 0 Å². The molecule has 0 aliphatic rings. The van der Waals surface area contributed by atoms with E-state index in [9.17, 15) is 8.42 Å². The largest absolute Gasteiger partial charge is 0.269 e. The van der Waals surface area contributed by atoms with Gasteiger partial charge in [0.1, 0.15) is 6.33 Å². The van der Waals surface area contributed by atoms with Crippen LogP contribution in [0.1, 0.15) is 11.3 Å². The van der Waals surface area contributed by atoms with Gasteiger partial charge in [-0.2, -0.15) is 0 Å². The monoisotopic (exact) mass is 314 g/mol. The average Bonchev–Trinajstić information content (AvgIpc) is 2.64. The highest BCUT2D eigenvalue weighted by Crippen LogP contribution is 2.22. The lowest BCUT2D eigenvalue weighted by Crippen LogP contribution is -2.14. The molecule has 1 aromatic carbocycles. The second kappa shape index (κ2) is 4.27.